The van der Waals surface area contributed by atoms with E-state index in [0.717, 1.165) is 38.8 Å². The third-order valence-corrected chi connectivity index (χ3v) is 4.55. The lowest BCUT2D eigenvalue weighted by Gasteiger charge is -2.35. The number of likely N-dealkylation sites (N-methyl/N-ethyl adjacent to an activating group) is 1. The Hall–Kier alpha value is -1.30. The highest BCUT2D eigenvalue weighted by atomic mass is 16.3. The van der Waals surface area contributed by atoms with Gasteiger partial charge < -0.3 is 19.8 Å². The minimum Gasteiger partial charge on any atom is -0.395 e. The first-order valence-corrected chi connectivity index (χ1v) is 8.10. The fraction of sp³-hybridized carbons (Fsp3) is 0.867. The van der Waals surface area contributed by atoms with E-state index in [2.05, 4.69) is 0 Å². The Morgan fingerprint density at radius 2 is 1.67 bits per heavy atom. The van der Waals surface area contributed by atoms with Gasteiger partial charge in [-0.1, -0.05) is 0 Å². The molecule has 3 amide bonds. The second-order valence-corrected chi connectivity index (χ2v) is 5.88. The van der Waals surface area contributed by atoms with Gasteiger partial charge in [0.2, 0.25) is 5.91 Å². The summed E-state index contributed by atoms with van der Waals surface area (Å²) in [5.74, 6) is 0.124. The number of carbonyl (C=O) groups excluding carboxylic acids is 2. The molecule has 0 aromatic carbocycles. The van der Waals surface area contributed by atoms with Crippen LogP contribution in [0.15, 0.2) is 0 Å². The molecule has 0 radical (unpaired) electrons. The fourth-order valence-electron chi connectivity index (χ4n) is 3.23. The van der Waals surface area contributed by atoms with Gasteiger partial charge in [-0.25, -0.2) is 4.79 Å². The van der Waals surface area contributed by atoms with Crippen molar-refractivity contribution < 1.29 is 14.7 Å². The molecule has 0 unspecified atom stereocenters. The third-order valence-electron chi connectivity index (χ3n) is 4.55. The molecule has 2 aliphatic heterocycles. The molecule has 21 heavy (non-hydrogen) atoms. The van der Waals surface area contributed by atoms with Crippen molar-refractivity contribution in [2.45, 2.75) is 32.6 Å². The van der Waals surface area contributed by atoms with Gasteiger partial charge in [-0.05, 0) is 32.6 Å². The molecule has 2 saturated heterocycles. The lowest BCUT2D eigenvalue weighted by atomic mass is 9.95. The van der Waals surface area contributed by atoms with Crippen LogP contribution in [0.4, 0.5) is 4.79 Å². The van der Waals surface area contributed by atoms with Crippen LogP contribution in [0.3, 0.4) is 0 Å². The zero-order valence-corrected chi connectivity index (χ0v) is 13.0. The van der Waals surface area contributed by atoms with E-state index in [0.29, 0.717) is 26.2 Å². The smallest absolute Gasteiger partial charge is 0.319 e. The van der Waals surface area contributed by atoms with Crippen LogP contribution in [0, 0.1) is 5.92 Å². The highest BCUT2D eigenvalue weighted by molar-refractivity contribution is 5.80. The fourth-order valence-corrected chi connectivity index (χ4v) is 3.23. The first kappa shape index (κ1) is 16.1. The van der Waals surface area contributed by atoms with Gasteiger partial charge in [0.05, 0.1) is 6.61 Å². The molecule has 0 saturated carbocycles. The van der Waals surface area contributed by atoms with Gasteiger partial charge in [-0.15, -0.1) is 0 Å². The molecule has 0 bridgehead atoms. The van der Waals surface area contributed by atoms with Gasteiger partial charge in [0, 0.05) is 45.2 Å². The van der Waals surface area contributed by atoms with Crippen molar-refractivity contribution in [1.82, 2.24) is 14.7 Å². The van der Waals surface area contributed by atoms with Crippen LogP contribution >= 0.6 is 0 Å². The first-order valence-electron chi connectivity index (χ1n) is 8.10. The molecular formula is C15H27N3O3. The zero-order chi connectivity index (χ0) is 15.2. The minimum atomic E-state index is -0.000807. The number of aliphatic hydroxyl groups is 1. The van der Waals surface area contributed by atoms with Crippen molar-refractivity contribution in [3.05, 3.63) is 0 Å². The van der Waals surface area contributed by atoms with E-state index in [-0.39, 0.29) is 24.5 Å². The predicted octanol–water partition coefficient (Wildman–Crippen LogP) is 0.755. The predicted molar refractivity (Wildman–Crippen MR) is 79.8 cm³/mol. The molecule has 6 nitrogen and oxygen atoms in total. The van der Waals surface area contributed by atoms with Gasteiger partial charge in [0.25, 0.3) is 0 Å². The second kappa shape index (κ2) is 7.64. The number of amides is 3. The van der Waals surface area contributed by atoms with E-state index in [1.54, 1.807) is 4.90 Å². The van der Waals surface area contributed by atoms with Crippen molar-refractivity contribution in [2.75, 3.05) is 45.9 Å². The summed E-state index contributed by atoms with van der Waals surface area (Å²) in [5.41, 5.74) is 0. The van der Waals surface area contributed by atoms with Gasteiger partial charge in [-0.3, -0.25) is 4.79 Å². The van der Waals surface area contributed by atoms with Crippen LogP contribution in [0.1, 0.15) is 32.6 Å². The highest BCUT2D eigenvalue weighted by Gasteiger charge is 2.31. The summed E-state index contributed by atoms with van der Waals surface area (Å²) < 4.78 is 0. The van der Waals surface area contributed by atoms with E-state index in [4.69, 9.17) is 5.11 Å². The number of likely N-dealkylation sites (tertiary alicyclic amines) is 2. The summed E-state index contributed by atoms with van der Waals surface area (Å²) in [7, 11) is 0. The minimum absolute atomic E-state index is 0.000807. The lowest BCUT2D eigenvalue weighted by molar-refractivity contribution is -0.137. The molecule has 0 aromatic rings. The molecule has 0 aliphatic carbocycles. The molecule has 0 atom stereocenters. The van der Waals surface area contributed by atoms with Gasteiger partial charge in [0.1, 0.15) is 0 Å². The van der Waals surface area contributed by atoms with Crippen LogP contribution in [-0.2, 0) is 4.79 Å². The van der Waals surface area contributed by atoms with Crippen molar-refractivity contribution in [3.63, 3.8) is 0 Å². The maximum Gasteiger partial charge on any atom is 0.319 e. The van der Waals surface area contributed by atoms with Crippen molar-refractivity contribution >= 4 is 11.9 Å². The highest BCUT2D eigenvalue weighted by Crippen LogP contribution is 2.21. The van der Waals surface area contributed by atoms with Crippen molar-refractivity contribution in [3.8, 4) is 0 Å². The van der Waals surface area contributed by atoms with Gasteiger partial charge in [-0.2, -0.15) is 0 Å². The third kappa shape index (κ3) is 3.87. The summed E-state index contributed by atoms with van der Waals surface area (Å²) in [5, 5.41) is 9.00. The van der Waals surface area contributed by atoms with Crippen LogP contribution in [0.25, 0.3) is 0 Å². The largest absolute Gasteiger partial charge is 0.395 e. The number of rotatable bonds is 4. The van der Waals surface area contributed by atoms with Crippen LogP contribution in [0.2, 0.25) is 0 Å². The standard InChI is InChI=1S/C15H27N3O3/c1-2-16(11-12-19)14(20)13-5-9-18(10-6-13)15(21)17-7-3-4-8-17/h13,19H,2-12H2,1H3. The summed E-state index contributed by atoms with van der Waals surface area (Å²) in [6.07, 6.45) is 3.68. The van der Waals surface area contributed by atoms with E-state index < -0.39 is 0 Å². The van der Waals surface area contributed by atoms with Gasteiger partial charge in [0.15, 0.2) is 0 Å². The molecule has 0 spiro atoms. The normalized spacial score (nSPS) is 19.9. The van der Waals surface area contributed by atoms with Crippen molar-refractivity contribution in [1.29, 1.82) is 0 Å². The summed E-state index contributed by atoms with van der Waals surface area (Å²) >= 11 is 0. The molecule has 2 fully saturated rings. The topological polar surface area (TPSA) is 64.1 Å². The number of piperidine rings is 1. The Morgan fingerprint density at radius 1 is 1.10 bits per heavy atom. The zero-order valence-electron chi connectivity index (χ0n) is 13.0. The Balaban J connectivity index is 1.82. The van der Waals surface area contributed by atoms with Crippen molar-refractivity contribution in [2.24, 2.45) is 5.92 Å². The van der Waals surface area contributed by atoms with E-state index in [1.807, 2.05) is 16.7 Å². The van der Waals surface area contributed by atoms with E-state index in [1.165, 1.54) is 0 Å². The molecule has 2 heterocycles. The number of hydrogen-bond acceptors (Lipinski definition) is 3. The van der Waals surface area contributed by atoms with Gasteiger partial charge >= 0.3 is 6.03 Å². The van der Waals surface area contributed by atoms with Crippen LogP contribution in [-0.4, -0.2) is 77.6 Å². The molecule has 0 aromatic heterocycles. The SMILES string of the molecule is CCN(CCO)C(=O)C1CCN(C(=O)N2CCCC2)CC1. The average molecular weight is 297 g/mol. The summed E-state index contributed by atoms with van der Waals surface area (Å²) in [6.45, 7) is 6.06. The number of aliphatic hydroxyl groups excluding tert-OH is 1. The second-order valence-electron chi connectivity index (χ2n) is 5.88. The van der Waals surface area contributed by atoms with Crippen LogP contribution < -0.4 is 0 Å². The lowest BCUT2D eigenvalue weighted by Crippen LogP contribution is -2.48. The van der Waals surface area contributed by atoms with E-state index >= 15 is 0 Å². The molecular weight excluding hydrogens is 270 g/mol. The molecule has 1 N–H and O–H groups in total. The molecule has 120 valence electrons. The molecule has 2 rings (SSSR count). The molecule has 2 aliphatic rings. The average Bonchev–Trinajstić information content (AvgIpc) is 3.06. The Kier molecular flexibility index (Phi) is 5.85. The Morgan fingerprint density at radius 3 is 2.19 bits per heavy atom. The first-order chi connectivity index (χ1) is 10.2. The number of nitrogens with zero attached hydrogens (tertiary/aromatic N) is 3. The maximum atomic E-state index is 12.4. The summed E-state index contributed by atoms with van der Waals surface area (Å²) in [4.78, 5) is 30.2. The number of urea groups is 1. The number of hydrogen-bond donors (Lipinski definition) is 1. The quantitative estimate of drug-likeness (QED) is 0.833. The van der Waals surface area contributed by atoms with Crippen LogP contribution in [0.5, 0.6) is 0 Å². The van der Waals surface area contributed by atoms with E-state index in [9.17, 15) is 9.59 Å². The Labute approximate surface area is 126 Å². The Bertz CT molecular complexity index is 361. The maximum absolute atomic E-state index is 12.4. The monoisotopic (exact) mass is 297 g/mol. The number of carbonyl (C=O) groups is 2. The molecule has 6 heteroatoms. The summed E-state index contributed by atoms with van der Waals surface area (Å²) in [6, 6.07) is 0.140.